The van der Waals surface area contributed by atoms with Gasteiger partial charge in [0.1, 0.15) is 6.61 Å². The van der Waals surface area contributed by atoms with Gasteiger partial charge in [-0.15, -0.1) is 0 Å². The van der Waals surface area contributed by atoms with Crippen molar-refractivity contribution in [1.29, 1.82) is 0 Å². The number of hydrogen-bond acceptors (Lipinski definition) is 5. The van der Waals surface area contributed by atoms with Crippen LogP contribution in [0.5, 0.6) is 0 Å². The maximum Gasteiger partial charge on any atom is 0.414 e. The summed E-state index contributed by atoms with van der Waals surface area (Å²) in [6.45, 7) is 0.708. The fourth-order valence-corrected chi connectivity index (χ4v) is 3.50. The first-order valence-electron chi connectivity index (χ1n) is 7.34. The molecule has 1 fully saturated rings. The lowest BCUT2D eigenvalue weighted by atomic mass is 10.2. The number of sulfonamides is 1. The molecule has 0 saturated carbocycles. The minimum Gasteiger partial charge on any atom is -0.447 e. The van der Waals surface area contributed by atoms with E-state index in [0.29, 0.717) is 18.8 Å². The Bertz CT molecular complexity index is 925. The largest absolute Gasteiger partial charge is 0.447 e. The van der Waals surface area contributed by atoms with Gasteiger partial charge in [-0.2, -0.15) is 0 Å². The Hall–Kier alpha value is -3.07. The van der Waals surface area contributed by atoms with E-state index in [4.69, 9.17) is 10.5 Å². The molecule has 0 atom stereocenters. The van der Waals surface area contributed by atoms with Crippen molar-refractivity contribution < 1.29 is 22.7 Å². The van der Waals surface area contributed by atoms with Crippen LogP contribution in [0.15, 0.2) is 53.4 Å². The number of para-hydroxylation sites is 1. The molecule has 3 rings (SSSR count). The summed E-state index contributed by atoms with van der Waals surface area (Å²) in [5, 5.41) is 0. The highest BCUT2D eigenvalue weighted by Gasteiger charge is 2.24. The number of hydrogen-bond donors (Lipinski definition) is 2. The number of nitrogens with one attached hydrogen (secondary N) is 1. The van der Waals surface area contributed by atoms with E-state index in [1.165, 1.54) is 41.3 Å². The molecule has 1 aliphatic rings. The highest BCUT2D eigenvalue weighted by molar-refractivity contribution is 7.92. The number of primary amides is 1. The highest BCUT2D eigenvalue weighted by Crippen LogP contribution is 2.23. The normalized spacial score (nSPS) is 14.2. The highest BCUT2D eigenvalue weighted by atomic mass is 32.2. The molecule has 0 radical (unpaired) electrons. The number of nitrogens with zero attached hydrogens (tertiary/aromatic N) is 1. The monoisotopic (exact) mass is 361 g/mol. The number of amides is 2. The zero-order valence-electron chi connectivity index (χ0n) is 13.0. The van der Waals surface area contributed by atoms with Crippen LogP contribution >= 0.6 is 0 Å². The molecule has 0 aromatic heterocycles. The summed E-state index contributed by atoms with van der Waals surface area (Å²) in [5.41, 5.74) is 5.96. The fraction of sp³-hybridized carbons (Fsp3) is 0.125. The number of carbonyl (C=O) groups is 2. The molecule has 0 unspecified atom stereocenters. The lowest BCUT2D eigenvalue weighted by Crippen LogP contribution is -2.23. The summed E-state index contributed by atoms with van der Waals surface area (Å²) in [5.74, 6) is -0.735. The first kappa shape index (κ1) is 16.8. The number of nitrogens with two attached hydrogens (primary N) is 1. The lowest BCUT2D eigenvalue weighted by molar-refractivity contribution is 0.100. The maximum absolute atomic E-state index is 12.5. The van der Waals surface area contributed by atoms with E-state index in [0.717, 1.165) is 0 Å². The van der Waals surface area contributed by atoms with Crippen molar-refractivity contribution in [3.63, 3.8) is 0 Å². The van der Waals surface area contributed by atoms with Crippen LogP contribution in [-0.4, -0.2) is 33.6 Å². The Morgan fingerprint density at radius 3 is 2.40 bits per heavy atom. The van der Waals surface area contributed by atoms with Gasteiger partial charge < -0.3 is 10.5 Å². The van der Waals surface area contributed by atoms with Crippen molar-refractivity contribution in [1.82, 2.24) is 0 Å². The van der Waals surface area contributed by atoms with E-state index < -0.39 is 22.0 Å². The first-order valence-corrected chi connectivity index (χ1v) is 8.83. The van der Waals surface area contributed by atoms with Crippen LogP contribution in [0, 0.1) is 0 Å². The molecule has 1 aliphatic heterocycles. The van der Waals surface area contributed by atoms with E-state index >= 15 is 0 Å². The van der Waals surface area contributed by atoms with Crippen molar-refractivity contribution in [2.75, 3.05) is 22.8 Å². The van der Waals surface area contributed by atoms with E-state index in [9.17, 15) is 18.0 Å². The third kappa shape index (κ3) is 3.41. The molecular weight excluding hydrogens is 346 g/mol. The molecule has 0 aliphatic carbocycles. The molecule has 1 heterocycles. The van der Waals surface area contributed by atoms with Gasteiger partial charge in [0.05, 0.1) is 22.7 Å². The Balaban J connectivity index is 1.86. The Morgan fingerprint density at radius 2 is 1.80 bits per heavy atom. The van der Waals surface area contributed by atoms with Gasteiger partial charge in [-0.25, -0.2) is 13.2 Å². The molecule has 130 valence electrons. The average molecular weight is 361 g/mol. The minimum atomic E-state index is -3.92. The second-order valence-electron chi connectivity index (χ2n) is 5.28. The van der Waals surface area contributed by atoms with Gasteiger partial charge in [0.2, 0.25) is 0 Å². The molecule has 2 amide bonds. The molecule has 2 aromatic rings. The first-order chi connectivity index (χ1) is 11.9. The second kappa shape index (κ2) is 6.44. The molecule has 2 aromatic carbocycles. The zero-order valence-corrected chi connectivity index (χ0v) is 13.8. The summed E-state index contributed by atoms with van der Waals surface area (Å²) in [6.07, 6.45) is -0.468. The summed E-state index contributed by atoms with van der Waals surface area (Å²) in [7, 11) is -3.92. The van der Waals surface area contributed by atoms with Crippen LogP contribution in [0.25, 0.3) is 0 Å². The zero-order chi connectivity index (χ0) is 18.0. The Morgan fingerprint density at radius 1 is 1.12 bits per heavy atom. The van der Waals surface area contributed by atoms with Crippen LogP contribution in [0.3, 0.4) is 0 Å². The predicted octanol–water partition coefficient (Wildman–Crippen LogP) is 1.54. The molecule has 0 spiro atoms. The predicted molar refractivity (Wildman–Crippen MR) is 90.9 cm³/mol. The molecule has 9 heteroatoms. The number of cyclic esters (lactones) is 1. The number of benzene rings is 2. The van der Waals surface area contributed by atoms with Crippen molar-refractivity contribution in [2.45, 2.75) is 4.90 Å². The van der Waals surface area contributed by atoms with Crippen molar-refractivity contribution >= 4 is 33.4 Å². The van der Waals surface area contributed by atoms with Crippen LogP contribution in [0.4, 0.5) is 16.2 Å². The third-order valence-electron chi connectivity index (χ3n) is 3.66. The van der Waals surface area contributed by atoms with Crippen molar-refractivity contribution in [3.05, 3.63) is 54.1 Å². The van der Waals surface area contributed by atoms with Gasteiger partial charge in [-0.3, -0.25) is 14.4 Å². The molecule has 3 N–H and O–H groups in total. The number of rotatable bonds is 5. The van der Waals surface area contributed by atoms with Crippen LogP contribution in [0.1, 0.15) is 10.4 Å². The standard InChI is InChI=1S/C16H15N3O5S/c17-15(20)13-3-1-2-4-14(13)18-25(22,23)12-7-5-11(6-8-12)19-9-10-24-16(19)21/h1-8,18H,9-10H2,(H2,17,20). The summed E-state index contributed by atoms with van der Waals surface area (Å²) in [4.78, 5) is 24.3. The molecule has 1 saturated heterocycles. The average Bonchev–Trinajstić information content (AvgIpc) is 3.01. The van der Waals surface area contributed by atoms with E-state index in [1.54, 1.807) is 12.1 Å². The summed E-state index contributed by atoms with van der Waals surface area (Å²) >= 11 is 0. The smallest absolute Gasteiger partial charge is 0.414 e. The number of anilines is 2. The molecule has 25 heavy (non-hydrogen) atoms. The molecule has 0 bridgehead atoms. The van der Waals surface area contributed by atoms with Gasteiger partial charge >= 0.3 is 6.09 Å². The Labute approximate surface area is 144 Å². The summed E-state index contributed by atoms with van der Waals surface area (Å²) < 4.78 is 32.2. The maximum atomic E-state index is 12.5. The van der Waals surface area contributed by atoms with Gasteiger partial charge in [-0.05, 0) is 36.4 Å². The van der Waals surface area contributed by atoms with Crippen LogP contribution in [-0.2, 0) is 14.8 Å². The number of carbonyl (C=O) groups excluding carboxylic acids is 2. The van der Waals surface area contributed by atoms with Crippen LogP contribution in [0.2, 0.25) is 0 Å². The second-order valence-corrected chi connectivity index (χ2v) is 6.96. The topological polar surface area (TPSA) is 119 Å². The van der Waals surface area contributed by atoms with E-state index in [-0.39, 0.29) is 16.1 Å². The third-order valence-corrected chi connectivity index (χ3v) is 5.04. The fourth-order valence-electron chi connectivity index (χ4n) is 2.42. The molecular formula is C16H15N3O5S. The van der Waals surface area contributed by atoms with Gasteiger partial charge in [0.15, 0.2) is 0 Å². The van der Waals surface area contributed by atoms with E-state index in [1.807, 2.05) is 0 Å². The SMILES string of the molecule is NC(=O)c1ccccc1NS(=O)(=O)c1ccc(N2CCOC2=O)cc1. The van der Waals surface area contributed by atoms with Crippen molar-refractivity contribution in [2.24, 2.45) is 5.73 Å². The van der Waals surface area contributed by atoms with Gasteiger partial charge in [-0.1, -0.05) is 12.1 Å². The van der Waals surface area contributed by atoms with E-state index in [2.05, 4.69) is 4.72 Å². The van der Waals surface area contributed by atoms with Gasteiger partial charge in [0, 0.05) is 5.69 Å². The minimum absolute atomic E-state index is 0.0110. The molecule has 8 nitrogen and oxygen atoms in total. The van der Waals surface area contributed by atoms with Gasteiger partial charge in [0.25, 0.3) is 15.9 Å². The van der Waals surface area contributed by atoms with Crippen LogP contribution < -0.4 is 15.4 Å². The lowest BCUT2D eigenvalue weighted by Gasteiger charge is -2.14. The quantitative estimate of drug-likeness (QED) is 0.837. The Kier molecular flexibility index (Phi) is 4.32. The summed E-state index contributed by atoms with van der Waals surface area (Å²) in [6, 6.07) is 11.8. The van der Waals surface area contributed by atoms with Crippen molar-refractivity contribution in [3.8, 4) is 0 Å². The number of ether oxygens (including phenoxy) is 1.